The third-order valence-corrected chi connectivity index (χ3v) is 3.58. The van der Waals surface area contributed by atoms with Crippen molar-refractivity contribution in [2.45, 2.75) is 37.7 Å². The fourth-order valence-corrected chi connectivity index (χ4v) is 2.06. The molecule has 0 saturated heterocycles. The maximum absolute atomic E-state index is 11.5. The van der Waals surface area contributed by atoms with Crippen molar-refractivity contribution >= 4 is 28.5 Å². The number of halogens is 1. The molecule has 1 rings (SSSR count). The van der Waals surface area contributed by atoms with Crippen LogP contribution in [-0.4, -0.2) is 29.6 Å². The predicted molar refractivity (Wildman–Crippen MR) is 64.7 cm³/mol. The van der Waals surface area contributed by atoms with E-state index in [2.05, 4.69) is 27.9 Å². The fraction of sp³-hybridized carbons (Fsp3) is 0.900. The Bertz CT molecular complexity index is 187. The van der Waals surface area contributed by atoms with Gasteiger partial charge in [0.25, 0.3) is 0 Å². The standard InChI is InChI=1S/C10H18INO2/c1-14-10(4-2-5-10)8-9(13)12-7-3-6-11/h2-8H2,1H3,(H,12,13). The first-order chi connectivity index (χ1) is 6.72. The first-order valence-corrected chi connectivity index (χ1v) is 6.63. The van der Waals surface area contributed by atoms with E-state index < -0.39 is 0 Å². The van der Waals surface area contributed by atoms with Crippen LogP contribution in [0.5, 0.6) is 0 Å². The highest BCUT2D eigenvalue weighted by Gasteiger charge is 2.38. The SMILES string of the molecule is COC1(CC(=O)NCCCI)CCC1. The van der Waals surface area contributed by atoms with E-state index in [1.807, 2.05) is 0 Å². The van der Waals surface area contributed by atoms with Crippen LogP contribution in [0.3, 0.4) is 0 Å². The highest BCUT2D eigenvalue weighted by Crippen LogP contribution is 2.37. The predicted octanol–water partition coefficient (Wildman–Crippen LogP) is 1.89. The molecule has 0 aromatic rings. The van der Waals surface area contributed by atoms with Crippen molar-refractivity contribution in [1.82, 2.24) is 5.32 Å². The smallest absolute Gasteiger partial charge is 0.222 e. The van der Waals surface area contributed by atoms with Gasteiger partial charge in [-0.1, -0.05) is 22.6 Å². The molecule has 1 amide bonds. The molecular formula is C10H18INO2. The van der Waals surface area contributed by atoms with E-state index in [-0.39, 0.29) is 11.5 Å². The summed E-state index contributed by atoms with van der Waals surface area (Å²) in [5.74, 6) is 0.136. The second kappa shape index (κ2) is 5.90. The van der Waals surface area contributed by atoms with Gasteiger partial charge in [0.1, 0.15) is 0 Å². The Morgan fingerprint density at radius 3 is 2.71 bits per heavy atom. The first kappa shape index (κ1) is 12.2. The molecule has 0 aliphatic heterocycles. The van der Waals surface area contributed by atoms with Gasteiger partial charge in [-0.05, 0) is 25.7 Å². The van der Waals surface area contributed by atoms with Gasteiger partial charge >= 0.3 is 0 Å². The van der Waals surface area contributed by atoms with E-state index in [0.29, 0.717) is 6.42 Å². The summed E-state index contributed by atoms with van der Waals surface area (Å²) in [7, 11) is 1.71. The monoisotopic (exact) mass is 311 g/mol. The summed E-state index contributed by atoms with van der Waals surface area (Å²) >= 11 is 2.31. The molecule has 14 heavy (non-hydrogen) atoms. The van der Waals surface area contributed by atoms with Crippen LogP contribution < -0.4 is 5.32 Å². The fourth-order valence-electron chi connectivity index (χ4n) is 1.67. The van der Waals surface area contributed by atoms with Gasteiger partial charge < -0.3 is 10.1 Å². The van der Waals surface area contributed by atoms with Crippen molar-refractivity contribution in [3.63, 3.8) is 0 Å². The van der Waals surface area contributed by atoms with Crippen LogP contribution in [0.1, 0.15) is 32.1 Å². The molecule has 1 aliphatic rings. The van der Waals surface area contributed by atoms with Gasteiger partial charge in [0.05, 0.1) is 12.0 Å². The quantitative estimate of drug-likeness (QED) is 0.462. The molecule has 0 aromatic carbocycles. The lowest BCUT2D eigenvalue weighted by Gasteiger charge is -2.39. The molecule has 0 bridgehead atoms. The number of nitrogens with one attached hydrogen (secondary N) is 1. The normalized spacial score (nSPS) is 18.7. The summed E-state index contributed by atoms with van der Waals surface area (Å²) in [6.45, 7) is 0.793. The summed E-state index contributed by atoms with van der Waals surface area (Å²) in [5.41, 5.74) is -0.131. The zero-order valence-electron chi connectivity index (χ0n) is 8.64. The Labute approximate surface area is 99.1 Å². The Hall–Kier alpha value is 0.160. The molecule has 1 aliphatic carbocycles. The molecule has 4 heteroatoms. The van der Waals surface area contributed by atoms with Crippen LogP contribution in [0, 0.1) is 0 Å². The summed E-state index contributed by atoms with van der Waals surface area (Å²) in [5, 5.41) is 2.92. The number of carbonyl (C=O) groups excluding carboxylic acids is 1. The minimum atomic E-state index is -0.131. The van der Waals surface area contributed by atoms with E-state index in [0.717, 1.165) is 30.2 Å². The summed E-state index contributed by atoms with van der Waals surface area (Å²) < 4.78 is 6.48. The van der Waals surface area contributed by atoms with Crippen LogP contribution in [0.2, 0.25) is 0 Å². The molecule has 1 N–H and O–H groups in total. The number of methoxy groups -OCH3 is 1. The van der Waals surface area contributed by atoms with Gasteiger partial charge in [-0.25, -0.2) is 0 Å². The second-order valence-corrected chi connectivity index (χ2v) is 4.89. The minimum Gasteiger partial charge on any atom is -0.378 e. The number of carbonyl (C=O) groups is 1. The van der Waals surface area contributed by atoms with E-state index >= 15 is 0 Å². The van der Waals surface area contributed by atoms with Crippen LogP contribution in [0.15, 0.2) is 0 Å². The van der Waals surface area contributed by atoms with Crippen molar-refractivity contribution in [3.8, 4) is 0 Å². The topological polar surface area (TPSA) is 38.3 Å². The molecule has 0 aromatic heterocycles. The van der Waals surface area contributed by atoms with Gasteiger partial charge in [0, 0.05) is 18.1 Å². The molecule has 0 unspecified atom stereocenters. The lowest BCUT2D eigenvalue weighted by molar-refractivity contribution is -0.134. The third-order valence-electron chi connectivity index (χ3n) is 2.81. The molecule has 0 heterocycles. The van der Waals surface area contributed by atoms with Crippen molar-refractivity contribution in [2.24, 2.45) is 0 Å². The van der Waals surface area contributed by atoms with Crippen molar-refractivity contribution < 1.29 is 9.53 Å². The number of amides is 1. The van der Waals surface area contributed by atoms with E-state index in [1.54, 1.807) is 7.11 Å². The molecule has 1 saturated carbocycles. The Balaban J connectivity index is 2.18. The lowest BCUT2D eigenvalue weighted by atomic mass is 9.77. The number of alkyl halides is 1. The molecule has 0 atom stereocenters. The average Bonchev–Trinajstić information content (AvgIpc) is 2.12. The average molecular weight is 311 g/mol. The Morgan fingerprint density at radius 2 is 2.29 bits per heavy atom. The largest absolute Gasteiger partial charge is 0.378 e. The van der Waals surface area contributed by atoms with E-state index in [9.17, 15) is 4.79 Å². The summed E-state index contributed by atoms with van der Waals surface area (Å²) in [6, 6.07) is 0. The maximum atomic E-state index is 11.5. The third kappa shape index (κ3) is 3.38. The second-order valence-electron chi connectivity index (χ2n) is 3.81. The van der Waals surface area contributed by atoms with E-state index in [4.69, 9.17) is 4.74 Å². The van der Waals surface area contributed by atoms with Crippen LogP contribution in [-0.2, 0) is 9.53 Å². The van der Waals surface area contributed by atoms with Gasteiger partial charge in [0.2, 0.25) is 5.91 Å². The number of hydrogen-bond acceptors (Lipinski definition) is 2. The van der Waals surface area contributed by atoms with Crippen molar-refractivity contribution in [1.29, 1.82) is 0 Å². The van der Waals surface area contributed by atoms with Crippen LogP contribution in [0.25, 0.3) is 0 Å². The molecular weight excluding hydrogens is 293 g/mol. The molecule has 3 nitrogen and oxygen atoms in total. The van der Waals surface area contributed by atoms with Crippen LogP contribution in [0.4, 0.5) is 0 Å². The van der Waals surface area contributed by atoms with E-state index in [1.165, 1.54) is 6.42 Å². The van der Waals surface area contributed by atoms with Crippen molar-refractivity contribution in [3.05, 3.63) is 0 Å². The zero-order valence-corrected chi connectivity index (χ0v) is 10.8. The highest BCUT2D eigenvalue weighted by atomic mass is 127. The molecule has 1 fully saturated rings. The molecule has 0 spiro atoms. The number of ether oxygens (including phenoxy) is 1. The molecule has 0 radical (unpaired) electrons. The van der Waals surface area contributed by atoms with Gasteiger partial charge in [-0.2, -0.15) is 0 Å². The van der Waals surface area contributed by atoms with Gasteiger partial charge in [0.15, 0.2) is 0 Å². The van der Waals surface area contributed by atoms with Crippen LogP contribution >= 0.6 is 22.6 Å². The lowest BCUT2D eigenvalue weighted by Crippen LogP contribution is -2.44. The summed E-state index contributed by atoms with van der Waals surface area (Å²) in [4.78, 5) is 11.5. The number of rotatable bonds is 6. The van der Waals surface area contributed by atoms with Crippen molar-refractivity contribution in [2.75, 3.05) is 18.1 Å². The van der Waals surface area contributed by atoms with Gasteiger partial charge in [-0.15, -0.1) is 0 Å². The minimum absolute atomic E-state index is 0.131. The Morgan fingerprint density at radius 1 is 1.57 bits per heavy atom. The number of hydrogen-bond donors (Lipinski definition) is 1. The molecule has 82 valence electrons. The Kier molecular flexibility index (Phi) is 5.15. The van der Waals surface area contributed by atoms with Gasteiger partial charge in [-0.3, -0.25) is 4.79 Å². The first-order valence-electron chi connectivity index (χ1n) is 5.10. The maximum Gasteiger partial charge on any atom is 0.222 e. The highest BCUT2D eigenvalue weighted by molar-refractivity contribution is 14.1. The summed E-state index contributed by atoms with van der Waals surface area (Å²) in [6.07, 6.45) is 4.83. The zero-order chi connectivity index (χ0) is 10.4.